The van der Waals surface area contributed by atoms with Crippen molar-refractivity contribution in [2.75, 3.05) is 18.0 Å². The van der Waals surface area contributed by atoms with Gasteiger partial charge in [-0.1, -0.05) is 0 Å². The summed E-state index contributed by atoms with van der Waals surface area (Å²) in [6.45, 7) is 7.42. The van der Waals surface area contributed by atoms with Crippen LogP contribution in [0.5, 0.6) is 0 Å². The van der Waals surface area contributed by atoms with Gasteiger partial charge in [0, 0.05) is 25.5 Å². The van der Waals surface area contributed by atoms with Crippen molar-refractivity contribution in [1.82, 2.24) is 9.97 Å². The van der Waals surface area contributed by atoms with Gasteiger partial charge in [-0.05, 0) is 20.8 Å². The van der Waals surface area contributed by atoms with Gasteiger partial charge in [0.15, 0.2) is 5.82 Å². The largest absolute Gasteiger partial charge is 0.369 e. The summed E-state index contributed by atoms with van der Waals surface area (Å²) >= 11 is 0. The Morgan fingerprint density at radius 1 is 1.62 bits per heavy atom. The van der Waals surface area contributed by atoms with E-state index >= 15 is 0 Å². The maximum Gasteiger partial charge on any atom is 0.290 e. The molecular formula is C11H17N3O2. The summed E-state index contributed by atoms with van der Waals surface area (Å²) in [5.41, 5.74) is -0.394. The molecule has 0 saturated carbocycles. The molecule has 1 aromatic rings. The number of aromatic nitrogens is 2. The first-order chi connectivity index (χ1) is 7.48. The SMILES string of the molecule is CC1CN(c2ncc[nH]c2=O)CC(C)(C)O1. The Kier molecular flexibility index (Phi) is 2.71. The van der Waals surface area contributed by atoms with Crippen LogP contribution in [-0.2, 0) is 4.74 Å². The first-order valence-electron chi connectivity index (χ1n) is 5.44. The standard InChI is InChI=1S/C11H17N3O2/c1-8-6-14(7-11(2,3)16-8)9-10(15)13-5-4-12-9/h4-5,8H,6-7H2,1-3H3,(H,13,15). The maximum absolute atomic E-state index is 11.6. The van der Waals surface area contributed by atoms with Crippen molar-refractivity contribution in [3.05, 3.63) is 22.7 Å². The van der Waals surface area contributed by atoms with Gasteiger partial charge in [0.25, 0.3) is 5.56 Å². The molecular weight excluding hydrogens is 206 g/mol. The molecule has 1 unspecified atom stereocenters. The third-order valence-corrected chi connectivity index (χ3v) is 2.56. The summed E-state index contributed by atoms with van der Waals surface area (Å²) in [4.78, 5) is 20.4. The summed E-state index contributed by atoms with van der Waals surface area (Å²) in [7, 11) is 0. The monoisotopic (exact) mass is 223 g/mol. The zero-order valence-electron chi connectivity index (χ0n) is 9.86. The number of rotatable bonds is 1. The van der Waals surface area contributed by atoms with Crippen LogP contribution in [0.2, 0.25) is 0 Å². The zero-order chi connectivity index (χ0) is 11.8. The average Bonchev–Trinajstić information content (AvgIpc) is 2.15. The third-order valence-electron chi connectivity index (χ3n) is 2.56. The fourth-order valence-corrected chi connectivity index (χ4v) is 2.18. The molecule has 5 heteroatoms. The van der Waals surface area contributed by atoms with Crippen LogP contribution in [0.15, 0.2) is 17.2 Å². The van der Waals surface area contributed by atoms with Crippen molar-refractivity contribution >= 4 is 5.82 Å². The Bertz CT molecular complexity index is 427. The molecule has 2 heterocycles. The van der Waals surface area contributed by atoms with Crippen LogP contribution < -0.4 is 10.5 Å². The lowest BCUT2D eigenvalue weighted by molar-refractivity contribution is -0.0752. The first kappa shape index (κ1) is 11.1. The number of aromatic amines is 1. The van der Waals surface area contributed by atoms with Gasteiger partial charge in [0.05, 0.1) is 11.7 Å². The number of anilines is 1. The maximum atomic E-state index is 11.6. The molecule has 0 aromatic carbocycles. The van der Waals surface area contributed by atoms with E-state index in [-0.39, 0.29) is 17.3 Å². The summed E-state index contributed by atoms with van der Waals surface area (Å²) in [6, 6.07) is 0. The smallest absolute Gasteiger partial charge is 0.290 e. The van der Waals surface area contributed by atoms with E-state index in [1.54, 1.807) is 12.4 Å². The molecule has 0 aliphatic carbocycles. The van der Waals surface area contributed by atoms with Gasteiger partial charge in [-0.2, -0.15) is 0 Å². The topological polar surface area (TPSA) is 58.2 Å². The highest BCUT2D eigenvalue weighted by Crippen LogP contribution is 2.22. The van der Waals surface area contributed by atoms with Crippen molar-refractivity contribution in [2.45, 2.75) is 32.5 Å². The second-order valence-corrected chi connectivity index (χ2v) is 4.81. The lowest BCUT2D eigenvalue weighted by atomic mass is 10.1. The molecule has 0 amide bonds. The highest BCUT2D eigenvalue weighted by atomic mass is 16.5. The number of morpholine rings is 1. The lowest BCUT2D eigenvalue weighted by Crippen LogP contribution is -2.53. The van der Waals surface area contributed by atoms with E-state index in [0.717, 1.165) is 0 Å². The predicted octanol–water partition coefficient (Wildman–Crippen LogP) is 0.774. The highest BCUT2D eigenvalue weighted by molar-refractivity contribution is 5.36. The Morgan fingerprint density at radius 3 is 3.00 bits per heavy atom. The van der Waals surface area contributed by atoms with Gasteiger partial charge in [0.2, 0.25) is 0 Å². The lowest BCUT2D eigenvalue weighted by Gasteiger charge is -2.41. The molecule has 88 valence electrons. The zero-order valence-corrected chi connectivity index (χ0v) is 9.86. The second kappa shape index (κ2) is 3.90. The minimum atomic E-state index is -0.248. The molecule has 1 atom stereocenters. The fourth-order valence-electron chi connectivity index (χ4n) is 2.18. The van der Waals surface area contributed by atoms with Crippen LogP contribution in [0.4, 0.5) is 5.82 Å². The summed E-state index contributed by atoms with van der Waals surface area (Å²) in [5, 5.41) is 0. The van der Waals surface area contributed by atoms with Crippen molar-refractivity contribution in [2.24, 2.45) is 0 Å². The van der Waals surface area contributed by atoms with E-state index in [9.17, 15) is 4.79 Å². The fraction of sp³-hybridized carbons (Fsp3) is 0.636. The van der Waals surface area contributed by atoms with E-state index in [1.165, 1.54) is 0 Å². The molecule has 0 radical (unpaired) electrons. The molecule has 1 N–H and O–H groups in total. The molecule has 16 heavy (non-hydrogen) atoms. The molecule has 1 saturated heterocycles. The Balaban J connectivity index is 2.28. The van der Waals surface area contributed by atoms with Gasteiger partial charge in [0.1, 0.15) is 0 Å². The molecule has 1 fully saturated rings. The van der Waals surface area contributed by atoms with Gasteiger partial charge in [-0.25, -0.2) is 4.98 Å². The number of ether oxygens (including phenoxy) is 1. The number of nitrogens with zero attached hydrogens (tertiary/aromatic N) is 2. The quantitative estimate of drug-likeness (QED) is 0.764. The van der Waals surface area contributed by atoms with Crippen molar-refractivity contribution in [3.8, 4) is 0 Å². The molecule has 1 aromatic heterocycles. The minimum absolute atomic E-state index is 0.102. The third kappa shape index (κ3) is 2.24. The van der Waals surface area contributed by atoms with E-state index in [1.807, 2.05) is 25.7 Å². The predicted molar refractivity (Wildman–Crippen MR) is 61.7 cm³/mol. The van der Waals surface area contributed by atoms with Crippen LogP contribution in [0, 0.1) is 0 Å². The summed E-state index contributed by atoms with van der Waals surface area (Å²) in [5.74, 6) is 0.478. The van der Waals surface area contributed by atoms with Gasteiger partial charge in [-0.3, -0.25) is 4.79 Å². The molecule has 0 bridgehead atoms. The van der Waals surface area contributed by atoms with Crippen molar-refractivity contribution < 1.29 is 4.74 Å². The molecule has 1 aliphatic heterocycles. The minimum Gasteiger partial charge on any atom is -0.369 e. The Hall–Kier alpha value is -1.36. The Morgan fingerprint density at radius 2 is 2.38 bits per heavy atom. The summed E-state index contributed by atoms with van der Waals surface area (Å²) < 4.78 is 5.78. The van der Waals surface area contributed by atoms with Crippen LogP contribution in [0.3, 0.4) is 0 Å². The first-order valence-corrected chi connectivity index (χ1v) is 5.44. The van der Waals surface area contributed by atoms with E-state index in [0.29, 0.717) is 18.9 Å². The second-order valence-electron chi connectivity index (χ2n) is 4.81. The molecule has 5 nitrogen and oxygen atoms in total. The van der Waals surface area contributed by atoms with Crippen LogP contribution in [0.1, 0.15) is 20.8 Å². The van der Waals surface area contributed by atoms with Crippen molar-refractivity contribution in [3.63, 3.8) is 0 Å². The van der Waals surface area contributed by atoms with Crippen molar-refractivity contribution in [1.29, 1.82) is 0 Å². The number of hydrogen-bond acceptors (Lipinski definition) is 4. The van der Waals surface area contributed by atoms with Gasteiger partial charge in [-0.15, -0.1) is 0 Å². The summed E-state index contributed by atoms with van der Waals surface area (Å²) in [6.07, 6.45) is 3.25. The number of nitrogens with one attached hydrogen (secondary N) is 1. The van der Waals surface area contributed by atoms with Gasteiger partial charge >= 0.3 is 0 Å². The average molecular weight is 223 g/mol. The number of hydrogen-bond donors (Lipinski definition) is 1. The highest BCUT2D eigenvalue weighted by Gasteiger charge is 2.32. The van der Waals surface area contributed by atoms with Crippen LogP contribution in [-0.4, -0.2) is 34.8 Å². The number of H-pyrrole nitrogens is 1. The normalized spacial score (nSPS) is 24.4. The van der Waals surface area contributed by atoms with Gasteiger partial charge < -0.3 is 14.6 Å². The molecule has 0 spiro atoms. The van der Waals surface area contributed by atoms with E-state index in [2.05, 4.69) is 9.97 Å². The van der Waals surface area contributed by atoms with E-state index in [4.69, 9.17) is 4.74 Å². The van der Waals surface area contributed by atoms with E-state index < -0.39 is 0 Å². The molecule has 2 rings (SSSR count). The Labute approximate surface area is 94.5 Å². The van der Waals surface area contributed by atoms with Crippen LogP contribution >= 0.6 is 0 Å². The van der Waals surface area contributed by atoms with Crippen LogP contribution in [0.25, 0.3) is 0 Å². The molecule has 1 aliphatic rings.